The van der Waals surface area contributed by atoms with E-state index in [4.69, 9.17) is 4.74 Å². The first-order valence-electron chi connectivity index (χ1n) is 10.2. The lowest BCUT2D eigenvalue weighted by molar-refractivity contribution is 0.0940. The predicted molar refractivity (Wildman–Crippen MR) is 118 cm³/mol. The first-order valence-corrected chi connectivity index (χ1v) is 10.2. The van der Waals surface area contributed by atoms with Crippen molar-refractivity contribution in [2.45, 2.75) is 6.54 Å². The number of rotatable bonds is 5. The van der Waals surface area contributed by atoms with Crippen LogP contribution < -0.4 is 10.2 Å². The van der Waals surface area contributed by atoms with Gasteiger partial charge in [-0.3, -0.25) is 4.79 Å². The van der Waals surface area contributed by atoms with Gasteiger partial charge in [0.25, 0.3) is 5.91 Å². The normalized spacial score (nSPS) is 14.0. The number of pyridine rings is 1. The summed E-state index contributed by atoms with van der Waals surface area (Å²) < 4.78 is 5.44. The molecule has 4 heterocycles. The van der Waals surface area contributed by atoms with Crippen LogP contribution in [0.4, 0.5) is 5.69 Å². The standard InChI is InChI=1S/C23H22N6O2/c30-23(28-11-16-4-2-1-3-5-16)22-24-12-17(13-25-22)20-15-27-21-19(20)10-18(14-26-21)29-6-8-31-9-7-29/h1-5,10,12-15H,6-9,11H2,(H,26,27)(H,28,30). The van der Waals surface area contributed by atoms with Crippen LogP contribution in [-0.2, 0) is 11.3 Å². The maximum absolute atomic E-state index is 12.4. The summed E-state index contributed by atoms with van der Waals surface area (Å²) in [5.74, 6) is -0.155. The minimum Gasteiger partial charge on any atom is -0.378 e. The van der Waals surface area contributed by atoms with E-state index in [1.165, 1.54) is 0 Å². The molecule has 0 bridgehead atoms. The van der Waals surface area contributed by atoms with Crippen LogP contribution in [-0.4, -0.2) is 52.1 Å². The molecule has 1 fully saturated rings. The summed E-state index contributed by atoms with van der Waals surface area (Å²) >= 11 is 0. The summed E-state index contributed by atoms with van der Waals surface area (Å²) in [5, 5.41) is 3.84. The Labute approximate surface area is 179 Å². The van der Waals surface area contributed by atoms with Gasteiger partial charge in [-0.1, -0.05) is 30.3 Å². The van der Waals surface area contributed by atoms with E-state index in [1.807, 2.05) is 42.7 Å². The van der Waals surface area contributed by atoms with Gasteiger partial charge in [-0.15, -0.1) is 0 Å². The number of aromatic amines is 1. The number of aromatic nitrogens is 4. The molecule has 0 saturated carbocycles. The summed E-state index contributed by atoms with van der Waals surface area (Å²) in [6.07, 6.45) is 7.13. The van der Waals surface area contributed by atoms with Crippen LogP contribution in [0.3, 0.4) is 0 Å². The quantitative estimate of drug-likeness (QED) is 0.521. The van der Waals surface area contributed by atoms with Crippen LogP contribution in [0.2, 0.25) is 0 Å². The Hall–Kier alpha value is -3.78. The van der Waals surface area contributed by atoms with Gasteiger partial charge in [-0.2, -0.15) is 0 Å². The van der Waals surface area contributed by atoms with Crippen LogP contribution in [0.15, 0.2) is 61.2 Å². The van der Waals surface area contributed by atoms with Gasteiger partial charge in [-0.25, -0.2) is 15.0 Å². The summed E-state index contributed by atoms with van der Waals surface area (Å²) in [5.41, 5.74) is 4.67. The van der Waals surface area contributed by atoms with Crippen LogP contribution in [0.5, 0.6) is 0 Å². The topological polar surface area (TPSA) is 96.0 Å². The molecule has 0 atom stereocenters. The van der Waals surface area contributed by atoms with E-state index in [0.717, 1.165) is 59.7 Å². The SMILES string of the molecule is O=C(NCc1ccccc1)c1ncc(-c2c[nH]c3ncc(N4CCOCC4)cc23)cn1. The minimum absolute atomic E-state index is 0.145. The summed E-state index contributed by atoms with van der Waals surface area (Å²) in [4.78, 5) is 31.0. The molecule has 2 N–H and O–H groups in total. The van der Waals surface area contributed by atoms with E-state index >= 15 is 0 Å². The lowest BCUT2D eigenvalue weighted by atomic mass is 10.1. The van der Waals surface area contributed by atoms with Gasteiger partial charge in [0.15, 0.2) is 0 Å². The molecule has 3 aromatic heterocycles. The molecule has 8 nitrogen and oxygen atoms in total. The average Bonchev–Trinajstić information content (AvgIpc) is 3.27. The second-order valence-corrected chi connectivity index (χ2v) is 7.36. The maximum Gasteiger partial charge on any atom is 0.289 e. The molecule has 0 radical (unpaired) electrons. The van der Waals surface area contributed by atoms with Crippen molar-refractivity contribution in [3.8, 4) is 11.1 Å². The molecular formula is C23H22N6O2. The Morgan fingerprint density at radius 1 is 1.06 bits per heavy atom. The van der Waals surface area contributed by atoms with Gasteiger partial charge in [0, 0.05) is 54.7 Å². The van der Waals surface area contributed by atoms with E-state index in [0.29, 0.717) is 6.54 Å². The highest BCUT2D eigenvalue weighted by Crippen LogP contribution is 2.30. The molecular weight excluding hydrogens is 392 g/mol. The zero-order valence-electron chi connectivity index (χ0n) is 16.9. The number of carbonyl (C=O) groups excluding carboxylic acids is 1. The number of anilines is 1. The Balaban J connectivity index is 1.34. The smallest absolute Gasteiger partial charge is 0.289 e. The third kappa shape index (κ3) is 4.10. The second-order valence-electron chi connectivity index (χ2n) is 7.36. The first-order chi connectivity index (χ1) is 15.3. The van der Waals surface area contributed by atoms with E-state index in [9.17, 15) is 4.79 Å². The van der Waals surface area contributed by atoms with Crippen molar-refractivity contribution in [3.05, 3.63) is 72.6 Å². The fraction of sp³-hybridized carbons (Fsp3) is 0.217. The summed E-state index contributed by atoms with van der Waals surface area (Å²) in [6, 6.07) is 11.9. The minimum atomic E-state index is -0.300. The van der Waals surface area contributed by atoms with Crippen molar-refractivity contribution < 1.29 is 9.53 Å². The third-order valence-electron chi connectivity index (χ3n) is 5.35. The molecule has 31 heavy (non-hydrogen) atoms. The lowest BCUT2D eigenvalue weighted by Gasteiger charge is -2.28. The molecule has 1 aromatic carbocycles. The number of nitrogens with one attached hydrogen (secondary N) is 2. The number of morpholine rings is 1. The molecule has 0 unspecified atom stereocenters. The van der Waals surface area contributed by atoms with E-state index in [1.54, 1.807) is 12.4 Å². The monoisotopic (exact) mass is 414 g/mol. The fourth-order valence-electron chi connectivity index (χ4n) is 3.67. The molecule has 5 rings (SSSR count). The van der Waals surface area contributed by atoms with Crippen molar-refractivity contribution in [1.82, 2.24) is 25.3 Å². The summed E-state index contributed by atoms with van der Waals surface area (Å²) in [6.45, 7) is 3.58. The van der Waals surface area contributed by atoms with Crippen molar-refractivity contribution in [2.24, 2.45) is 0 Å². The number of hydrogen-bond donors (Lipinski definition) is 2. The van der Waals surface area contributed by atoms with Gasteiger partial charge >= 0.3 is 0 Å². The van der Waals surface area contributed by atoms with Crippen molar-refractivity contribution in [1.29, 1.82) is 0 Å². The highest BCUT2D eigenvalue weighted by molar-refractivity contribution is 5.95. The molecule has 156 valence electrons. The van der Waals surface area contributed by atoms with Crippen LogP contribution in [0.25, 0.3) is 22.2 Å². The third-order valence-corrected chi connectivity index (χ3v) is 5.35. The number of carbonyl (C=O) groups is 1. The van der Waals surface area contributed by atoms with Crippen molar-refractivity contribution >= 4 is 22.6 Å². The zero-order valence-corrected chi connectivity index (χ0v) is 16.9. The molecule has 1 aliphatic rings. The second kappa shape index (κ2) is 8.53. The zero-order chi connectivity index (χ0) is 21.0. The Morgan fingerprint density at radius 3 is 2.61 bits per heavy atom. The fourth-order valence-corrected chi connectivity index (χ4v) is 3.67. The molecule has 0 aliphatic carbocycles. The molecule has 1 aliphatic heterocycles. The van der Waals surface area contributed by atoms with Gasteiger partial charge in [0.1, 0.15) is 5.65 Å². The molecule has 1 saturated heterocycles. The summed E-state index contributed by atoms with van der Waals surface area (Å²) in [7, 11) is 0. The number of nitrogens with zero attached hydrogens (tertiary/aromatic N) is 4. The molecule has 4 aromatic rings. The van der Waals surface area contributed by atoms with Crippen LogP contribution >= 0.6 is 0 Å². The highest BCUT2D eigenvalue weighted by Gasteiger charge is 2.15. The Kier molecular flexibility index (Phi) is 5.28. The van der Waals surface area contributed by atoms with Gasteiger partial charge in [0.2, 0.25) is 5.82 Å². The van der Waals surface area contributed by atoms with Crippen LogP contribution in [0, 0.1) is 0 Å². The first kappa shape index (κ1) is 19.2. The van der Waals surface area contributed by atoms with E-state index in [2.05, 4.69) is 36.2 Å². The van der Waals surface area contributed by atoms with Gasteiger partial charge in [0.05, 0.1) is 25.1 Å². The van der Waals surface area contributed by atoms with Gasteiger partial charge < -0.3 is 19.9 Å². The van der Waals surface area contributed by atoms with E-state index in [-0.39, 0.29) is 11.7 Å². The predicted octanol–water partition coefficient (Wildman–Crippen LogP) is 2.79. The number of amides is 1. The van der Waals surface area contributed by atoms with Crippen molar-refractivity contribution in [3.63, 3.8) is 0 Å². The lowest BCUT2D eigenvalue weighted by Crippen LogP contribution is -2.36. The number of hydrogen-bond acceptors (Lipinski definition) is 6. The van der Waals surface area contributed by atoms with Crippen molar-refractivity contribution in [2.75, 3.05) is 31.2 Å². The highest BCUT2D eigenvalue weighted by atomic mass is 16.5. The number of ether oxygens (including phenoxy) is 1. The molecule has 1 amide bonds. The molecule has 0 spiro atoms. The largest absolute Gasteiger partial charge is 0.378 e. The van der Waals surface area contributed by atoms with Gasteiger partial charge in [-0.05, 0) is 11.6 Å². The number of H-pyrrole nitrogens is 1. The number of benzene rings is 1. The number of fused-ring (bicyclic) bond motifs is 1. The Bertz CT molecular complexity index is 1180. The van der Waals surface area contributed by atoms with Crippen LogP contribution in [0.1, 0.15) is 16.2 Å². The molecule has 8 heteroatoms. The average molecular weight is 414 g/mol. The maximum atomic E-state index is 12.4. The van der Waals surface area contributed by atoms with E-state index < -0.39 is 0 Å². The Morgan fingerprint density at radius 2 is 1.84 bits per heavy atom.